The first-order valence-electron chi connectivity index (χ1n) is 6.63. The molecule has 3 nitrogen and oxygen atoms in total. The molecule has 0 aliphatic heterocycles. The lowest BCUT2D eigenvalue weighted by molar-refractivity contribution is 0.240. The van der Waals surface area contributed by atoms with E-state index >= 15 is 0 Å². The molecule has 0 saturated carbocycles. The molecule has 1 unspecified atom stereocenters. The first-order chi connectivity index (χ1) is 9.31. The number of aryl methyl sites for hydroxylation is 1. The number of nitrogens with one attached hydrogen (secondary N) is 1. The zero-order chi connectivity index (χ0) is 13.5. The van der Waals surface area contributed by atoms with Crippen LogP contribution in [-0.4, -0.2) is 22.7 Å². The van der Waals surface area contributed by atoms with Gasteiger partial charge in [0.25, 0.3) is 0 Å². The minimum Gasteiger partial charge on any atom is -0.395 e. The van der Waals surface area contributed by atoms with Crippen LogP contribution in [0.4, 0.5) is 0 Å². The van der Waals surface area contributed by atoms with E-state index in [1.807, 2.05) is 18.2 Å². The van der Waals surface area contributed by atoms with Gasteiger partial charge in [-0.25, -0.2) is 4.98 Å². The Morgan fingerprint density at radius 1 is 1.32 bits per heavy atom. The molecule has 0 aliphatic rings. The van der Waals surface area contributed by atoms with Gasteiger partial charge < -0.3 is 10.4 Å². The molecule has 2 N–H and O–H groups in total. The smallest absolute Gasteiger partial charge is 0.0926 e. The van der Waals surface area contributed by atoms with Gasteiger partial charge in [0, 0.05) is 18.0 Å². The average Bonchev–Trinajstić information content (AvgIpc) is 2.92. The van der Waals surface area contributed by atoms with Crippen LogP contribution in [0.25, 0.3) is 0 Å². The van der Waals surface area contributed by atoms with Crippen molar-refractivity contribution in [2.24, 2.45) is 0 Å². The molecule has 1 heterocycles. The lowest BCUT2D eigenvalue weighted by atomic mass is 10.1. The van der Waals surface area contributed by atoms with Crippen LogP contribution >= 0.6 is 11.3 Å². The molecule has 0 spiro atoms. The Morgan fingerprint density at radius 3 is 2.74 bits per heavy atom. The van der Waals surface area contributed by atoms with Gasteiger partial charge in [-0.15, -0.1) is 11.3 Å². The molecule has 0 amide bonds. The second-order valence-electron chi connectivity index (χ2n) is 4.54. The van der Waals surface area contributed by atoms with E-state index in [0.717, 1.165) is 18.5 Å². The molecule has 4 heteroatoms. The molecule has 0 fully saturated rings. The molecule has 19 heavy (non-hydrogen) atoms. The summed E-state index contributed by atoms with van der Waals surface area (Å²) in [5.41, 5.74) is 2.30. The van der Waals surface area contributed by atoms with Crippen molar-refractivity contribution >= 4 is 11.3 Å². The van der Waals surface area contributed by atoms with Crippen LogP contribution in [0.3, 0.4) is 0 Å². The van der Waals surface area contributed by atoms with Gasteiger partial charge in [0.2, 0.25) is 0 Å². The summed E-state index contributed by atoms with van der Waals surface area (Å²) in [5, 5.41) is 16.1. The molecule has 0 saturated heterocycles. The number of aliphatic hydroxyl groups excluding tert-OH is 1. The predicted molar refractivity (Wildman–Crippen MR) is 79.4 cm³/mol. The summed E-state index contributed by atoms with van der Waals surface area (Å²) in [7, 11) is 0. The first-order valence-corrected chi connectivity index (χ1v) is 7.51. The third-order valence-electron chi connectivity index (χ3n) is 3.02. The Hall–Kier alpha value is -1.23. The van der Waals surface area contributed by atoms with Gasteiger partial charge in [0.1, 0.15) is 0 Å². The third kappa shape index (κ3) is 4.42. The van der Waals surface area contributed by atoms with E-state index in [-0.39, 0.29) is 12.6 Å². The van der Waals surface area contributed by atoms with Crippen molar-refractivity contribution in [1.29, 1.82) is 0 Å². The van der Waals surface area contributed by atoms with Gasteiger partial charge in [0.15, 0.2) is 0 Å². The van der Waals surface area contributed by atoms with Crippen LogP contribution < -0.4 is 5.32 Å². The lowest BCUT2D eigenvalue weighted by Gasteiger charge is -2.15. The number of nitrogens with zero attached hydrogens (tertiary/aromatic N) is 1. The molecule has 1 aromatic heterocycles. The van der Waals surface area contributed by atoms with Crippen LogP contribution in [-0.2, 0) is 19.4 Å². The molecular weight excluding hydrogens is 256 g/mol. The molecular formula is C15H20N2OS. The zero-order valence-corrected chi connectivity index (χ0v) is 12.0. The number of rotatable bonds is 7. The lowest BCUT2D eigenvalue weighted by Crippen LogP contribution is -2.34. The van der Waals surface area contributed by atoms with Crippen molar-refractivity contribution in [2.45, 2.75) is 32.4 Å². The molecule has 1 aromatic carbocycles. The van der Waals surface area contributed by atoms with Crippen molar-refractivity contribution in [2.75, 3.05) is 6.61 Å². The van der Waals surface area contributed by atoms with Crippen LogP contribution in [0.1, 0.15) is 23.2 Å². The Morgan fingerprint density at radius 2 is 2.11 bits per heavy atom. The molecule has 2 aromatic rings. The van der Waals surface area contributed by atoms with Crippen molar-refractivity contribution < 1.29 is 5.11 Å². The minimum atomic E-state index is 0.0779. The number of aromatic nitrogens is 1. The van der Waals surface area contributed by atoms with Gasteiger partial charge in [0.05, 0.1) is 17.3 Å². The van der Waals surface area contributed by atoms with Gasteiger partial charge in [-0.05, 0) is 18.4 Å². The second-order valence-corrected chi connectivity index (χ2v) is 5.48. The fourth-order valence-electron chi connectivity index (χ4n) is 1.94. The van der Waals surface area contributed by atoms with Crippen LogP contribution in [0.15, 0.2) is 35.7 Å². The predicted octanol–water partition coefficient (Wildman–Crippen LogP) is 2.40. The standard InChI is InChI=1S/C15H20N2OS/c1-2-15-17-14(11-19-15)9-16-13(10-18)8-12-6-4-3-5-7-12/h3-7,11,13,16,18H,2,8-10H2,1H3. The summed E-state index contributed by atoms with van der Waals surface area (Å²) in [6.45, 7) is 2.97. The maximum atomic E-state index is 9.44. The zero-order valence-electron chi connectivity index (χ0n) is 11.2. The number of hydrogen-bond acceptors (Lipinski definition) is 4. The molecule has 0 radical (unpaired) electrons. The van der Waals surface area contributed by atoms with Crippen LogP contribution in [0, 0.1) is 0 Å². The Kier molecular flexibility index (Phi) is 5.51. The highest BCUT2D eigenvalue weighted by Crippen LogP contribution is 2.10. The minimum absolute atomic E-state index is 0.0779. The second kappa shape index (κ2) is 7.38. The van der Waals surface area contributed by atoms with Gasteiger partial charge >= 0.3 is 0 Å². The van der Waals surface area contributed by atoms with E-state index in [1.165, 1.54) is 10.6 Å². The first kappa shape index (κ1) is 14.2. The number of hydrogen-bond donors (Lipinski definition) is 2. The summed E-state index contributed by atoms with van der Waals surface area (Å²) in [5.74, 6) is 0. The highest BCUT2D eigenvalue weighted by Gasteiger charge is 2.09. The number of benzene rings is 1. The number of aliphatic hydroxyl groups is 1. The van der Waals surface area contributed by atoms with Crippen LogP contribution in [0.2, 0.25) is 0 Å². The van der Waals surface area contributed by atoms with Crippen molar-refractivity contribution in [3.8, 4) is 0 Å². The quantitative estimate of drug-likeness (QED) is 0.816. The summed E-state index contributed by atoms with van der Waals surface area (Å²) in [6.07, 6.45) is 1.82. The highest BCUT2D eigenvalue weighted by molar-refractivity contribution is 7.09. The Labute approximate surface area is 118 Å². The van der Waals surface area contributed by atoms with E-state index < -0.39 is 0 Å². The van der Waals surface area contributed by atoms with E-state index in [9.17, 15) is 5.11 Å². The summed E-state index contributed by atoms with van der Waals surface area (Å²) in [6, 6.07) is 10.3. The molecule has 2 rings (SSSR count). The number of thiazole rings is 1. The van der Waals surface area contributed by atoms with Crippen molar-refractivity contribution in [1.82, 2.24) is 10.3 Å². The monoisotopic (exact) mass is 276 g/mol. The Balaban J connectivity index is 1.85. The normalized spacial score (nSPS) is 12.5. The van der Waals surface area contributed by atoms with Gasteiger partial charge in [-0.2, -0.15) is 0 Å². The molecule has 0 aliphatic carbocycles. The maximum Gasteiger partial charge on any atom is 0.0926 e. The van der Waals surface area contributed by atoms with Crippen molar-refractivity contribution in [3.63, 3.8) is 0 Å². The molecule has 0 bridgehead atoms. The highest BCUT2D eigenvalue weighted by atomic mass is 32.1. The SMILES string of the molecule is CCc1nc(CNC(CO)Cc2ccccc2)cs1. The summed E-state index contributed by atoms with van der Waals surface area (Å²) < 4.78 is 0. The summed E-state index contributed by atoms with van der Waals surface area (Å²) >= 11 is 1.70. The topological polar surface area (TPSA) is 45.2 Å². The van der Waals surface area contributed by atoms with Crippen LogP contribution in [0.5, 0.6) is 0 Å². The third-order valence-corrected chi connectivity index (χ3v) is 4.06. The molecule has 1 atom stereocenters. The van der Waals surface area contributed by atoms with Crippen molar-refractivity contribution in [3.05, 3.63) is 52.0 Å². The van der Waals surface area contributed by atoms with E-state index in [2.05, 4.69) is 34.7 Å². The van der Waals surface area contributed by atoms with E-state index in [0.29, 0.717) is 6.54 Å². The van der Waals surface area contributed by atoms with E-state index in [4.69, 9.17) is 0 Å². The average molecular weight is 276 g/mol. The fraction of sp³-hybridized carbons (Fsp3) is 0.400. The van der Waals surface area contributed by atoms with Gasteiger partial charge in [-0.3, -0.25) is 0 Å². The van der Waals surface area contributed by atoms with Gasteiger partial charge in [-0.1, -0.05) is 37.3 Å². The largest absolute Gasteiger partial charge is 0.395 e. The Bertz CT molecular complexity index is 484. The fourth-order valence-corrected chi connectivity index (χ4v) is 2.69. The maximum absolute atomic E-state index is 9.44. The van der Waals surface area contributed by atoms with E-state index in [1.54, 1.807) is 11.3 Å². The molecule has 102 valence electrons. The summed E-state index contributed by atoms with van der Waals surface area (Å²) in [4.78, 5) is 4.52.